The molecule has 0 unspecified atom stereocenters. The van der Waals surface area contributed by atoms with Crippen LogP contribution in [0.25, 0.3) is 0 Å². The van der Waals surface area contributed by atoms with Crippen LogP contribution in [0, 0.1) is 23.3 Å². The number of amides is 1. The van der Waals surface area contributed by atoms with Gasteiger partial charge < -0.3 is 4.90 Å². The average molecular weight is 352 g/mol. The molecule has 2 aromatic rings. The predicted molar refractivity (Wildman–Crippen MR) is 76.0 cm³/mol. The Hall–Kier alpha value is -1.60. The second-order valence-electron chi connectivity index (χ2n) is 4.37. The normalized spacial score (nSPS) is 10.8. The minimum Gasteiger partial charge on any atom is -0.334 e. The van der Waals surface area contributed by atoms with E-state index < -0.39 is 34.7 Å². The minimum atomic E-state index is -2.00. The highest BCUT2D eigenvalue weighted by molar-refractivity contribution is 7.16. The fraction of sp³-hybridized carbons (Fsp3) is 0.214. The summed E-state index contributed by atoms with van der Waals surface area (Å²) in [4.78, 5) is 14.1. The van der Waals surface area contributed by atoms with Gasteiger partial charge in [0.05, 0.1) is 16.4 Å². The van der Waals surface area contributed by atoms with Crippen molar-refractivity contribution >= 4 is 28.8 Å². The van der Waals surface area contributed by atoms with Crippen molar-refractivity contribution < 1.29 is 22.4 Å². The van der Waals surface area contributed by atoms with Gasteiger partial charge in [-0.2, -0.15) is 0 Å². The van der Waals surface area contributed by atoms with Crippen LogP contribution in [0.15, 0.2) is 18.2 Å². The Bertz CT molecular complexity index is 719. The Labute approximate surface area is 132 Å². The molecule has 0 radical (unpaired) electrons. The van der Waals surface area contributed by atoms with Crippen molar-refractivity contribution in [3.8, 4) is 0 Å². The van der Waals surface area contributed by atoms with Gasteiger partial charge in [-0.05, 0) is 25.1 Å². The van der Waals surface area contributed by atoms with Gasteiger partial charge in [0, 0.05) is 11.4 Å². The number of hydrogen-bond acceptors (Lipinski definition) is 2. The molecule has 1 aromatic carbocycles. The third kappa shape index (κ3) is 3.25. The number of carbonyl (C=O) groups is 1. The maximum Gasteiger partial charge on any atom is 0.257 e. The van der Waals surface area contributed by atoms with Crippen molar-refractivity contribution in [3.05, 3.63) is 56.2 Å². The molecular weight excluding hydrogens is 342 g/mol. The van der Waals surface area contributed by atoms with Crippen LogP contribution in [0.2, 0.25) is 4.34 Å². The summed E-state index contributed by atoms with van der Waals surface area (Å²) >= 11 is 7.01. The lowest BCUT2D eigenvalue weighted by Crippen LogP contribution is -2.31. The Balaban J connectivity index is 2.33. The van der Waals surface area contributed by atoms with Gasteiger partial charge in [-0.3, -0.25) is 4.79 Å². The molecule has 0 atom stereocenters. The quantitative estimate of drug-likeness (QED) is 0.447. The molecule has 0 bridgehead atoms. The second-order valence-corrected chi connectivity index (χ2v) is 6.17. The number of hydrogen-bond donors (Lipinski definition) is 0. The summed E-state index contributed by atoms with van der Waals surface area (Å²) in [5, 5.41) is 0. The Morgan fingerprint density at radius 1 is 1.18 bits per heavy atom. The fourth-order valence-electron chi connectivity index (χ4n) is 1.85. The van der Waals surface area contributed by atoms with Gasteiger partial charge in [0.25, 0.3) is 5.91 Å². The third-order valence-corrected chi connectivity index (χ3v) is 4.19. The standard InChI is InChI=1S/C14H10ClF4NOS/c1-2-20(6-7-3-4-10(15)22-7)14(21)8-5-9(16)12(18)13(19)11(8)17/h3-5H,2,6H2,1H3. The molecule has 0 aliphatic rings. The van der Waals surface area contributed by atoms with E-state index in [9.17, 15) is 22.4 Å². The van der Waals surface area contributed by atoms with E-state index in [0.29, 0.717) is 10.4 Å². The summed E-state index contributed by atoms with van der Waals surface area (Å²) in [5.74, 6) is -8.19. The van der Waals surface area contributed by atoms with Crippen molar-refractivity contribution in [2.75, 3.05) is 6.54 Å². The minimum absolute atomic E-state index is 0.104. The van der Waals surface area contributed by atoms with Gasteiger partial charge in [-0.15, -0.1) is 11.3 Å². The van der Waals surface area contributed by atoms with Gasteiger partial charge in [0.1, 0.15) is 0 Å². The number of thiophene rings is 1. The fourth-order valence-corrected chi connectivity index (χ4v) is 2.95. The van der Waals surface area contributed by atoms with E-state index >= 15 is 0 Å². The Morgan fingerprint density at radius 2 is 1.86 bits per heavy atom. The van der Waals surface area contributed by atoms with Crippen molar-refractivity contribution in [2.45, 2.75) is 13.5 Å². The molecule has 2 rings (SSSR count). The van der Waals surface area contributed by atoms with Crippen LogP contribution >= 0.6 is 22.9 Å². The van der Waals surface area contributed by atoms with E-state index in [1.54, 1.807) is 19.1 Å². The molecule has 0 spiro atoms. The van der Waals surface area contributed by atoms with Gasteiger partial charge in [0.2, 0.25) is 0 Å². The van der Waals surface area contributed by atoms with Crippen LogP contribution in [-0.4, -0.2) is 17.4 Å². The summed E-state index contributed by atoms with van der Waals surface area (Å²) in [6.45, 7) is 1.91. The summed E-state index contributed by atoms with van der Waals surface area (Å²) < 4.78 is 53.6. The molecule has 0 aliphatic carbocycles. The summed E-state index contributed by atoms with van der Waals surface area (Å²) in [6.07, 6.45) is 0. The van der Waals surface area contributed by atoms with Crippen LogP contribution in [0.4, 0.5) is 17.6 Å². The molecule has 0 saturated heterocycles. The first-order chi connectivity index (χ1) is 10.3. The smallest absolute Gasteiger partial charge is 0.257 e. The first kappa shape index (κ1) is 16.8. The van der Waals surface area contributed by atoms with Crippen LogP contribution in [-0.2, 0) is 6.54 Å². The van der Waals surface area contributed by atoms with Crippen molar-refractivity contribution in [2.24, 2.45) is 0 Å². The highest BCUT2D eigenvalue weighted by atomic mass is 35.5. The number of benzene rings is 1. The molecule has 0 N–H and O–H groups in total. The molecule has 2 nitrogen and oxygen atoms in total. The molecule has 22 heavy (non-hydrogen) atoms. The molecule has 1 heterocycles. The topological polar surface area (TPSA) is 20.3 Å². The molecule has 0 saturated carbocycles. The van der Waals surface area contributed by atoms with Crippen molar-refractivity contribution in [3.63, 3.8) is 0 Å². The number of carbonyl (C=O) groups excluding carboxylic acids is 1. The first-order valence-electron chi connectivity index (χ1n) is 6.21. The van der Waals surface area contributed by atoms with Crippen LogP contribution in [0.1, 0.15) is 22.2 Å². The molecular formula is C14H10ClF4NOS. The highest BCUT2D eigenvalue weighted by Crippen LogP contribution is 2.24. The van der Waals surface area contributed by atoms with Gasteiger partial charge in [0.15, 0.2) is 23.3 Å². The zero-order chi connectivity index (χ0) is 16.4. The lowest BCUT2D eigenvalue weighted by atomic mass is 10.1. The zero-order valence-corrected chi connectivity index (χ0v) is 12.9. The van der Waals surface area contributed by atoms with Crippen LogP contribution < -0.4 is 0 Å². The van der Waals surface area contributed by atoms with E-state index in [1.165, 1.54) is 16.2 Å². The predicted octanol–water partition coefficient (Wildman–Crippen LogP) is 4.62. The number of nitrogens with zero attached hydrogens (tertiary/aromatic N) is 1. The summed E-state index contributed by atoms with van der Waals surface area (Å²) in [6, 6.07) is 3.68. The van der Waals surface area contributed by atoms with Crippen LogP contribution in [0.3, 0.4) is 0 Å². The van der Waals surface area contributed by atoms with Gasteiger partial charge in [-0.25, -0.2) is 17.6 Å². The summed E-state index contributed by atoms with van der Waals surface area (Å²) in [5.41, 5.74) is -0.846. The van der Waals surface area contributed by atoms with E-state index in [0.717, 1.165) is 4.88 Å². The molecule has 8 heteroatoms. The molecule has 118 valence electrons. The average Bonchev–Trinajstić information content (AvgIpc) is 2.91. The van der Waals surface area contributed by atoms with Gasteiger partial charge in [-0.1, -0.05) is 11.6 Å². The third-order valence-electron chi connectivity index (χ3n) is 2.98. The lowest BCUT2D eigenvalue weighted by Gasteiger charge is -2.20. The number of halogens is 5. The van der Waals surface area contributed by atoms with Crippen molar-refractivity contribution in [1.82, 2.24) is 4.90 Å². The highest BCUT2D eigenvalue weighted by Gasteiger charge is 2.26. The number of rotatable bonds is 4. The van der Waals surface area contributed by atoms with E-state index in [4.69, 9.17) is 11.6 Å². The van der Waals surface area contributed by atoms with Crippen LogP contribution in [0.5, 0.6) is 0 Å². The summed E-state index contributed by atoms with van der Waals surface area (Å²) in [7, 11) is 0. The van der Waals surface area contributed by atoms with Gasteiger partial charge >= 0.3 is 0 Å². The van der Waals surface area contributed by atoms with E-state index in [-0.39, 0.29) is 13.1 Å². The van der Waals surface area contributed by atoms with E-state index in [1.807, 2.05) is 0 Å². The molecule has 0 aliphatic heterocycles. The second kappa shape index (κ2) is 6.66. The SMILES string of the molecule is CCN(Cc1ccc(Cl)s1)C(=O)c1cc(F)c(F)c(F)c1F. The zero-order valence-electron chi connectivity index (χ0n) is 11.3. The monoisotopic (exact) mass is 351 g/mol. The maximum absolute atomic E-state index is 13.7. The van der Waals surface area contributed by atoms with Crippen molar-refractivity contribution in [1.29, 1.82) is 0 Å². The Kier molecular flexibility index (Phi) is 5.08. The lowest BCUT2D eigenvalue weighted by molar-refractivity contribution is 0.0747. The first-order valence-corrected chi connectivity index (χ1v) is 7.41. The largest absolute Gasteiger partial charge is 0.334 e. The van der Waals surface area contributed by atoms with E-state index in [2.05, 4.69) is 0 Å². The Morgan fingerprint density at radius 3 is 2.41 bits per heavy atom. The molecule has 1 aromatic heterocycles. The molecule has 1 amide bonds. The molecule has 0 fully saturated rings. The maximum atomic E-state index is 13.7.